The number of rotatable bonds is 14. The van der Waals surface area contributed by atoms with Gasteiger partial charge in [-0.25, -0.2) is 23.6 Å². The Balaban J connectivity index is 1.17. The van der Waals surface area contributed by atoms with Crippen LogP contribution in [0.3, 0.4) is 0 Å². The van der Waals surface area contributed by atoms with E-state index >= 15 is 0 Å². The highest BCUT2D eigenvalue weighted by atomic mass is 32.2. The molecule has 1 saturated carbocycles. The molecule has 0 bridgehead atoms. The Morgan fingerprint density at radius 3 is 2.29 bits per heavy atom. The third-order valence-electron chi connectivity index (χ3n) is 10.3. The molecule has 2 unspecified atom stereocenters. The highest BCUT2D eigenvalue weighted by molar-refractivity contribution is 7.98. The highest BCUT2D eigenvalue weighted by Crippen LogP contribution is 2.30. The standard InChI is InChI=1S/C45H53N7O6S/c1-29-14-23-37(59(5,57)47-28-30-10-7-6-8-11-30)26-38(29)35-13-9-12-32(24-35)25-39(42(54)48-36-21-19-33(20-22-36)40-50-43(55)52-51-40)49-41(53)34-17-15-31(16-18-34)27-46-44(56)58-45(2,3)4/h6-14,19-24,26,31,34,39H,5,15-18,25,27-28H2,1-4H3,(H,46,56)(H,47,57)(H,48,54)(H,49,53)(H2,50,51,52,55). The zero-order valence-electron chi connectivity index (χ0n) is 33.9. The fourth-order valence-electron chi connectivity index (χ4n) is 7.11. The number of nitrogens with zero attached hydrogens (tertiary/aromatic N) is 1. The number of ether oxygens (including phenoxy) is 1. The van der Waals surface area contributed by atoms with Gasteiger partial charge >= 0.3 is 11.8 Å². The van der Waals surface area contributed by atoms with Gasteiger partial charge in [0.05, 0.1) is 9.71 Å². The first-order chi connectivity index (χ1) is 28.1. The molecule has 0 saturated heterocycles. The van der Waals surface area contributed by atoms with Gasteiger partial charge in [-0.1, -0.05) is 60.7 Å². The summed E-state index contributed by atoms with van der Waals surface area (Å²) in [4.78, 5) is 54.8. The number of carbonyl (C=O) groups is 3. The molecule has 4 aromatic carbocycles. The number of benzene rings is 4. The molecule has 14 heteroatoms. The van der Waals surface area contributed by atoms with Crippen molar-refractivity contribution in [2.75, 3.05) is 11.9 Å². The fraction of sp³-hybridized carbons (Fsp3) is 0.333. The summed E-state index contributed by atoms with van der Waals surface area (Å²) in [7, 11) is -2.83. The zero-order chi connectivity index (χ0) is 42.2. The molecule has 1 aliphatic carbocycles. The quantitative estimate of drug-likeness (QED) is 0.0689. The minimum absolute atomic E-state index is 0.200. The summed E-state index contributed by atoms with van der Waals surface area (Å²) in [6, 6.07) is 29.1. The molecule has 3 amide bonds. The third kappa shape index (κ3) is 12.0. The summed E-state index contributed by atoms with van der Waals surface area (Å²) in [6.45, 7) is 8.31. The van der Waals surface area contributed by atoms with Gasteiger partial charge in [0, 0.05) is 41.6 Å². The van der Waals surface area contributed by atoms with Crippen LogP contribution in [0.5, 0.6) is 0 Å². The van der Waals surface area contributed by atoms with Crippen molar-refractivity contribution in [1.82, 2.24) is 30.5 Å². The number of hydrogen-bond acceptors (Lipinski definition) is 7. The molecule has 0 spiro atoms. The Kier molecular flexibility index (Phi) is 13.5. The molecule has 1 fully saturated rings. The van der Waals surface area contributed by atoms with E-state index in [4.69, 9.17) is 4.74 Å². The Morgan fingerprint density at radius 1 is 0.898 bits per heavy atom. The number of carbonyl (C=O) groups excluding carboxylic acids is 3. The lowest BCUT2D eigenvalue weighted by Gasteiger charge is -2.29. The smallest absolute Gasteiger partial charge is 0.407 e. The summed E-state index contributed by atoms with van der Waals surface area (Å²) in [5.74, 6) is 3.75. The highest BCUT2D eigenvalue weighted by Gasteiger charge is 2.30. The summed E-state index contributed by atoms with van der Waals surface area (Å²) in [5, 5.41) is 15.2. The molecule has 13 nitrogen and oxygen atoms in total. The molecule has 1 aromatic heterocycles. The predicted octanol–water partition coefficient (Wildman–Crippen LogP) is 6.52. The van der Waals surface area contributed by atoms with Crippen LogP contribution in [-0.4, -0.2) is 61.4 Å². The first kappa shape index (κ1) is 42.6. The molecule has 59 heavy (non-hydrogen) atoms. The van der Waals surface area contributed by atoms with Crippen LogP contribution in [0.15, 0.2) is 107 Å². The average molecular weight is 820 g/mol. The van der Waals surface area contributed by atoms with E-state index in [1.54, 1.807) is 24.3 Å². The first-order valence-electron chi connectivity index (χ1n) is 19.8. The Hall–Kier alpha value is -5.99. The number of aryl methyl sites for hydroxylation is 1. The van der Waals surface area contributed by atoms with E-state index in [1.807, 2.05) is 100 Å². The van der Waals surface area contributed by atoms with Gasteiger partial charge in [-0.2, -0.15) is 5.10 Å². The van der Waals surface area contributed by atoms with Crippen molar-refractivity contribution in [3.05, 3.63) is 124 Å². The third-order valence-corrected chi connectivity index (χ3v) is 12.0. The summed E-state index contributed by atoms with van der Waals surface area (Å²) < 4.78 is 22.3. The van der Waals surface area contributed by atoms with Gasteiger partial charge in [-0.05, 0) is 129 Å². The molecule has 6 rings (SSSR count). The number of amides is 3. The van der Waals surface area contributed by atoms with Crippen LogP contribution in [-0.2, 0) is 37.0 Å². The Morgan fingerprint density at radius 2 is 1.61 bits per heavy atom. The van der Waals surface area contributed by atoms with Gasteiger partial charge < -0.3 is 20.7 Å². The molecule has 6 N–H and O–H groups in total. The van der Waals surface area contributed by atoms with E-state index in [1.165, 1.54) is 0 Å². The van der Waals surface area contributed by atoms with Crippen LogP contribution < -0.4 is 26.4 Å². The lowest BCUT2D eigenvalue weighted by molar-refractivity contribution is -0.130. The van der Waals surface area contributed by atoms with E-state index in [-0.39, 0.29) is 30.1 Å². The van der Waals surface area contributed by atoms with Gasteiger partial charge in [0.15, 0.2) is 5.82 Å². The second-order valence-electron chi connectivity index (χ2n) is 16.1. The van der Waals surface area contributed by atoms with Crippen molar-refractivity contribution < 1.29 is 23.3 Å². The van der Waals surface area contributed by atoms with Crippen molar-refractivity contribution in [2.45, 2.75) is 82.9 Å². The predicted molar refractivity (Wildman–Crippen MR) is 232 cm³/mol. The summed E-state index contributed by atoms with van der Waals surface area (Å²) in [5.41, 5.74) is 4.70. The maximum absolute atomic E-state index is 14.0. The molecule has 2 atom stereocenters. The van der Waals surface area contributed by atoms with Gasteiger partial charge in [0.25, 0.3) is 0 Å². The number of H-pyrrole nitrogens is 2. The van der Waals surface area contributed by atoms with E-state index in [9.17, 15) is 23.4 Å². The van der Waals surface area contributed by atoms with Crippen molar-refractivity contribution in [3.8, 4) is 22.5 Å². The second-order valence-corrected chi connectivity index (χ2v) is 18.2. The van der Waals surface area contributed by atoms with Gasteiger partial charge in [-0.15, -0.1) is 0 Å². The summed E-state index contributed by atoms with van der Waals surface area (Å²) >= 11 is 0. The van der Waals surface area contributed by atoms with Crippen molar-refractivity contribution in [3.63, 3.8) is 0 Å². The van der Waals surface area contributed by atoms with Gasteiger partial charge in [0.1, 0.15) is 11.6 Å². The van der Waals surface area contributed by atoms with Crippen LogP contribution in [0.1, 0.15) is 63.1 Å². The lowest BCUT2D eigenvalue weighted by atomic mass is 9.81. The molecule has 310 valence electrons. The summed E-state index contributed by atoms with van der Waals surface area (Å²) in [6.07, 6.45) is 2.50. The van der Waals surface area contributed by atoms with Gasteiger partial charge in [-0.3, -0.25) is 14.6 Å². The SMILES string of the molecule is C=S(=O)(NCc1ccccc1)c1ccc(C)c(-c2cccc(CC(NC(=O)C3CCC(CNC(=O)OC(C)(C)C)CC3)C(=O)Nc3ccc(-c4n[nH]c(=O)[nH]4)cc3)c2)c1. The van der Waals surface area contributed by atoms with Crippen molar-refractivity contribution in [1.29, 1.82) is 0 Å². The Labute approximate surface area is 345 Å². The number of aromatic nitrogens is 3. The normalized spacial score (nSPS) is 16.9. The average Bonchev–Trinajstić information content (AvgIpc) is 3.65. The van der Waals surface area contributed by atoms with Crippen LogP contribution in [0.4, 0.5) is 10.5 Å². The lowest BCUT2D eigenvalue weighted by Crippen LogP contribution is -2.48. The monoisotopic (exact) mass is 819 g/mol. The molecule has 1 heterocycles. The number of anilines is 1. The molecular weight excluding hydrogens is 767 g/mol. The Bertz CT molecular complexity index is 2410. The minimum atomic E-state index is -2.83. The maximum Gasteiger partial charge on any atom is 0.407 e. The number of nitrogens with one attached hydrogen (secondary N) is 6. The van der Waals surface area contributed by atoms with Crippen LogP contribution in [0, 0.1) is 18.8 Å². The van der Waals surface area contributed by atoms with E-state index in [2.05, 4.69) is 41.7 Å². The van der Waals surface area contributed by atoms with Crippen LogP contribution >= 0.6 is 0 Å². The van der Waals surface area contributed by atoms with Gasteiger partial charge in [0.2, 0.25) is 11.8 Å². The molecule has 1 aliphatic rings. The largest absolute Gasteiger partial charge is 0.444 e. The molecular formula is C45H53N7O6S. The van der Waals surface area contributed by atoms with E-state index in [0.717, 1.165) is 40.7 Å². The van der Waals surface area contributed by atoms with Crippen LogP contribution in [0.2, 0.25) is 0 Å². The second kappa shape index (κ2) is 18.7. The number of alkyl carbamates (subject to hydrolysis) is 1. The minimum Gasteiger partial charge on any atom is -0.444 e. The number of aromatic amines is 2. The molecule has 0 radical (unpaired) electrons. The zero-order valence-corrected chi connectivity index (χ0v) is 34.7. The number of hydrogen-bond donors (Lipinski definition) is 6. The van der Waals surface area contributed by atoms with E-state index in [0.29, 0.717) is 47.9 Å². The van der Waals surface area contributed by atoms with Crippen LogP contribution in [0.25, 0.3) is 22.5 Å². The topological polar surface area (TPSA) is 187 Å². The first-order valence-corrected chi connectivity index (χ1v) is 21.5. The fourth-order valence-corrected chi connectivity index (χ4v) is 8.28. The van der Waals surface area contributed by atoms with E-state index < -0.39 is 33.1 Å². The van der Waals surface area contributed by atoms with Crippen molar-refractivity contribution >= 4 is 39.2 Å². The molecule has 5 aromatic rings. The maximum atomic E-state index is 14.0. The van der Waals surface area contributed by atoms with Crippen molar-refractivity contribution in [2.24, 2.45) is 11.8 Å². The molecule has 0 aliphatic heterocycles.